The number of hydrogen-bond donors (Lipinski definition) is 2. The maximum atomic E-state index is 12.5. The lowest BCUT2D eigenvalue weighted by Crippen LogP contribution is -2.33. The number of aryl methyl sites for hydroxylation is 1. The quantitative estimate of drug-likeness (QED) is 0.448. The van der Waals surface area contributed by atoms with Gasteiger partial charge in [-0.1, -0.05) is 30.3 Å². The highest BCUT2D eigenvalue weighted by Crippen LogP contribution is 2.35. The zero-order valence-electron chi connectivity index (χ0n) is 18.9. The Labute approximate surface area is 189 Å². The zero-order valence-corrected chi connectivity index (χ0v) is 18.9. The van der Waals surface area contributed by atoms with Gasteiger partial charge in [-0.15, -0.1) is 0 Å². The van der Waals surface area contributed by atoms with Crippen molar-refractivity contribution < 1.29 is 14.6 Å². The van der Waals surface area contributed by atoms with Gasteiger partial charge >= 0.3 is 5.69 Å². The highest BCUT2D eigenvalue weighted by atomic mass is 16.5. The summed E-state index contributed by atoms with van der Waals surface area (Å²) >= 11 is 0. The molecule has 0 radical (unpaired) electrons. The van der Waals surface area contributed by atoms with Crippen molar-refractivity contribution in [3.05, 3.63) is 74.9 Å². The van der Waals surface area contributed by atoms with Gasteiger partial charge in [0.25, 0.3) is 5.56 Å². The third-order valence-corrected chi connectivity index (χ3v) is 5.45. The minimum Gasteiger partial charge on any atom is -0.493 e. The molecule has 0 aliphatic heterocycles. The largest absolute Gasteiger partial charge is 0.493 e. The Morgan fingerprint density at radius 3 is 2.48 bits per heavy atom. The molecule has 0 aliphatic carbocycles. The Balaban J connectivity index is 1.77. The molecule has 2 N–H and O–H groups in total. The lowest BCUT2D eigenvalue weighted by molar-refractivity contribution is 0.173. The Kier molecular flexibility index (Phi) is 6.06. The van der Waals surface area contributed by atoms with E-state index in [2.05, 4.69) is 9.97 Å². The van der Waals surface area contributed by atoms with E-state index in [1.54, 1.807) is 37.8 Å². The van der Waals surface area contributed by atoms with Crippen LogP contribution in [-0.4, -0.2) is 37.4 Å². The standard InChI is InChI=1S/C24H26N4O5/c1-14(29)13-28-22-20(23(30)26-24(28)31)27(3)21(25-22)17-10-11-18(19(12-17)32-4)33-15(2)16-8-6-5-7-9-16/h5-12,14-15,29H,13H2,1-4H3,(H,26,30,31). The van der Waals surface area contributed by atoms with Gasteiger partial charge in [-0.25, -0.2) is 9.78 Å². The van der Waals surface area contributed by atoms with Crippen molar-refractivity contribution >= 4 is 11.2 Å². The van der Waals surface area contributed by atoms with Crippen molar-refractivity contribution in [2.24, 2.45) is 7.05 Å². The van der Waals surface area contributed by atoms with E-state index >= 15 is 0 Å². The van der Waals surface area contributed by atoms with E-state index in [-0.39, 0.29) is 23.8 Å². The topological polar surface area (TPSA) is 111 Å². The summed E-state index contributed by atoms with van der Waals surface area (Å²) in [5.74, 6) is 1.55. The number of rotatable bonds is 7. The van der Waals surface area contributed by atoms with Gasteiger partial charge in [0, 0.05) is 12.6 Å². The first-order chi connectivity index (χ1) is 15.8. The zero-order chi connectivity index (χ0) is 23.7. The summed E-state index contributed by atoms with van der Waals surface area (Å²) in [6.45, 7) is 3.53. The number of imidazole rings is 1. The van der Waals surface area contributed by atoms with Crippen LogP contribution in [0.5, 0.6) is 11.5 Å². The molecule has 2 aromatic heterocycles. The summed E-state index contributed by atoms with van der Waals surface area (Å²) < 4.78 is 14.6. The van der Waals surface area contributed by atoms with E-state index in [9.17, 15) is 14.7 Å². The van der Waals surface area contributed by atoms with Gasteiger partial charge in [0.15, 0.2) is 22.7 Å². The number of H-pyrrole nitrogens is 1. The SMILES string of the molecule is COc1cc(-c2nc3c(c(=O)[nH]c(=O)n3CC(C)O)n2C)ccc1OC(C)c1ccccc1. The van der Waals surface area contributed by atoms with E-state index in [4.69, 9.17) is 9.47 Å². The number of aliphatic hydroxyl groups is 1. The fourth-order valence-corrected chi connectivity index (χ4v) is 3.82. The van der Waals surface area contributed by atoms with Gasteiger partial charge in [-0.3, -0.25) is 14.3 Å². The van der Waals surface area contributed by atoms with Crippen molar-refractivity contribution in [1.82, 2.24) is 19.1 Å². The molecule has 4 aromatic rings. The molecule has 0 saturated carbocycles. The summed E-state index contributed by atoms with van der Waals surface area (Å²) in [4.78, 5) is 31.7. The lowest BCUT2D eigenvalue weighted by Gasteiger charge is -2.18. The molecular formula is C24H26N4O5. The fourth-order valence-electron chi connectivity index (χ4n) is 3.82. The number of aromatic nitrogens is 4. The molecule has 2 aromatic carbocycles. The molecule has 2 heterocycles. The predicted molar refractivity (Wildman–Crippen MR) is 125 cm³/mol. The van der Waals surface area contributed by atoms with Crippen LogP contribution < -0.4 is 20.7 Å². The van der Waals surface area contributed by atoms with Crippen molar-refractivity contribution in [1.29, 1.82) is 0 Å². The molecule has 0 fully saturated rings. The Hall–Kier alpha value is -3.85. The third kappa shape index (κ3) is 4.27. The summed E-state index contributed by atoms with van der Waals surface area (Å²) in [7, 11) is 3.25. The summed E-state index contributed by atoms with van der Waals surface area (Å²) in [5.41, 5.74) is 1.01. The van der Waals surface area contributed by atoms with Crippen LogP contribution in [0.2, 0.25) is 0 Å². The van der Waals surface area contributed by atoms with Crippen LogP contribution in [0.4, 0.5) is 0 Å². The minimum atomic E-state index is -0.787. The first kappa shape index (κ1) is 22.3. The summed E-state index contributed by atoms with van der Waals surface area (Å²) in [6, 6.07) is 15.3. The second-order valence-corrected chi connectivity index (χ2v) is 7.92. The first-order valence-corrected chi connectivity index (χ1v) is 10.6. The number of hydrogen-bond acceptors (Lipinski definition) is 6. The molecule has 2 atom stereocenters. The third-order valence-electron chi connectivity index (χ3n) is 5.45. The number of nitrogens with one attached hydrogen (secondary N) is 1. The van der Waals surface area contributed by atoms with E-state index in [0.29, 0.717) is 22.9 Å². The smallest absolute Gasteiger partial charge is 0.330 e. The fraction of sp³-hybridized carbons (Fsp3) is 0.292. The maximum Gasteiger partial charge on any atom is 0.330 e. The van der Waals surface area contributed by atoms with E-state index in [0.717, 1.165) is 5.56 Å². The van der Waals surface area contributed by atoms with Gasteiger partial charge in [0.1, 0.15) is 11.9 Å². The van der Waals surface area contributed by atoms with Crippen molar-refractivity contribution in [3.63, 3.8) is 0 Å². The maximum absolute atomic E-state index is 12.5. The molecule has 0 spiro atoms. The molecule has 2 unspecified atom stereocenters. The Bertz CT molecular complexity index is 1400. The first-order valence-electron chi connectivity index (χ1n) is 10.6. The lowest BCUT2D eigenvalue weighted by atomic mass is 10.1. The van der Waals surface area contributed by atoms with Gasteiger partial charge < -0.3 is 19.1 Å². The molecule has 9 heteroatoms. The molecule has 0 saturated heterocycles. The molecule has 172 valence electrons. The summed E-state index contributed by atoms with van der Waals surface area (Å²) in [6.07, 6.45) is -0.972. The molecular weight excluding hydrogens is 424 g/mol. The average molecular weight is 450 g/mol. The average Bonchev–Trinajstić information content (AvgIpc) is 3.14. The van der Waals surface area contributed by atoms with Crippen molar-refractivity contribution in [2.75, 3.05) is 7.11 Å². The molecule has 4 rings (SSSR count). The molecule has 0 bridgehead atoms. The highest BCUT2D eigenvalue weighted by Gasteiger charge is 2.20. The van der Waals surface area contributed by atoms with Crippen LogP contribution in [0.15, 0.2) is 58.1 Å². The van der Waals surface area contributed by atoms with E-state index in [1.165, 1.54) is 4.57 Å². The van der Waals surface area contributed by atoms with Crippen LogP contribution >= 0.6 is 0 Å². The van der Waals surface area contributed by atoms with E-state index in [1.807, 2.05) is 43.3 Å². The van der Waals surface area contributed by atoms with Crippen molar-refractivity contribution in [3.8, 4) is 22.9 Å². The van der Waals surface area contributed by atoms with E-state index < -0.39 is 17.4 Å². The Morgan fingerprint density at radius 1 is 1.09 bits per heavy atom. The number of nitrogens with zero attached hydrogens (tertiary/aromatic N) is 3. The molecule has 33 heavy (non-hydrogen) atoms. The van der Waals surface area contributed by atoms with Gasteiger partial charge in [0.05, 0.1) is 19.8 Å². The van der Waals surface area contributed by atoms with Gasteiger partial charge in [-0.2, -0.15) is 0 Å². The molecule has 0 amide bonds. The van der Waals surface area contributed by atoms with Gasteiger partial charge in [-0.05, 0) is 37.6 Å². The number of aromatic amines is 1. The summed E-state index contributed by atoms with van der Waals surface area (Å²) in [5, 5.41) is 9.79. The molecule has 0 aliphatic rings. The number of ether oxygens (including phenoxy) is 2. The normalized spacial score (nSPS) is 13.1. The van der Waals surface area contributed by atoms with Gasteiger partial charge in [0.2, 0.25) is 0 Å². The van der Waals surface area contributed by atoms with Crippen LogP contribution in [0.1, 0.15) is 25.5 Å². The number of methoxy groups -OCH3 is 1. The highest BCUT2D eigenvalue weighted by molar-refractivity contribution is 5.77. The van der Waals surface area contributed by atoms with Crippen LogP contribution in [0.25, 0.3) is 22.6 Å². The molecule has 9 nitrogen and oxygen atoms in total. The van der Waals surface area contributed by atoms with Crippen LogP contribution in [-0.2, 0) is 13.6 Å². The minimum absolute atomic E-state index is 0.00996. The second-order valence-electron chi connectivity index (χ2n) is 7.92. The second kappa shape index (κ2) is 8.95. The number of fused-ring (bicyclic) bond motifs is 1. The van der Waals surface area contributed by atoms with Crippen LogP contribution in [0, 0.1) is 0 Å². The van der Waals surface area contributed by atoms with Crippen molar-refractivity contribution in [2.45, 2.75) is 32.6 Å². The Morgan fingerprint density at radius 2 is 1.82 bits per heavy atom. The predicted octanol–water partition coefficient (Wildman–Crippen LogP) is 2.62. The van der Waals surface area contributed by atoms with Crippen LogP contribution in [0.3, 0.4) is 0 Å². The monoisotopic (exact) mass is 450 g/mol. The number of benzene rings is 2. The number of aliphatic hydroxyl groups excluding tert-OH is 1.